The van der Waals surface area contributed by atoms with Crippen LogP contribution in [0.3, 0.4) is 0 Å². The summed E-state index contributed by atoms with van der Waals surface area (Å²) < 4.78 is 290. The van der Waals surface area contributed by atoms with Crippen molar-refractivity contribution >= 4 is 66.4 Å². The van der Waals surface area contributed by atoms with E-state index >= 15 is 0 Å². The van der Waals surface area contributed by atoms with Crippen LogP contribution in [0.1, 0.15) is 43.0 Å². The number of hydrogen-bond acceptors (Lipinski definition) is 5. The van der Waals surface area contributed by atoms with Crippen molar-refractivity contribution in [2.24, 2.45) is 0 Å². The summed E-state index contributed by atoms with van der Waals surface area (Å²) in [5.41, 5.74) is -23.5. The lowest BCUT2D eigenvalue weighted by Gasteiger charge is -2.31. The fourth-order valence-electron chi connectivity index (χ4n) is 5.21. The highest BCUT2D eigenvalue weighted by atomic mass is 79.9. The molecule has 0 aliphatic carbocycles. The fraction of sp³-hybridized carbons (Fsp3) is 0.235. The van der Waals surface area contributed by atoms with Crippen molar-refractivity contribution < 1.29 is 111 Å². The Balaban J connectivity index is 0.000000351. The second-order valence-corrected chi connectivity index (χ2v) is 14.3. The largest absolute Gasteiger partial charge is 0.435 e. The maximum Gasteiger partial charge on any atom is 0.435 e. The van der Waals surface area contributed by atoms with Crippen molar-refractivity contribution in [2.75, 3.05) is 16.4 Å². The van der Waals surface area contributed by atoms with Gasteiger partial charge in [-0.05, 0) is 74.3 Å². The van der Waals surface area contributed by atoms with Crippen LogP contribution >= 0.6 is 31.9 Å². The van der Waals surface area contributed by atoms with Crippen LogP contribution in [0.2, 0.25) is 0 Å². The number of nitrogens with two attached hydrogens (primary N) is 1. The van der Waals surface area contributed by atoms with Gasteiger partial charge in [0.15, 0.2) is 5.82 Å². The number of hydrogen-bond donors (Lipinski definition) is 3. The average molecular weight is 1120 g/mol. The number of nitro groups is 1. The van der Waals surface area contributed by atoms with E-state index in [-0.39, 0.29) is 12.1 Å². The number of nitro benzene ring substituents is 1. The van der Waals surface area contributed by atoms with Gasteiger partial charge in [-0.25, -0.2) is 13.2 Å². The Hall–Kier alpha value is -5.56. The summed E-state index contributed by atoms with van der Waals surface area (Å²) in [6.07, 6.45) is -38.2. The zero-order valence-corrected chi connectivity index (χ0v) is 33.7. The number of nitrogens with one attached hydrogen (secondary N) is 2. The number of carbonyl (C=O) groups is 2. The maximum absolute atomic E-state index is 14.3. The van der Waals surface area contributed by atoms with Crippen LogP contribution in [0.25, 0.3) is 0 Å². The van der Waals surface area contributed by atoms with Gasteiger partial charge in [-0.3, -0.25) is 19.7 Å². The quantitative estimate of drug-likeness (QED) is 0.0735. The van der Waals surface area contributed by atoms with Crippen LogP contribution in [0, 0.1) is 21.7 Å². The molecule has 0 atom stereocenters. The molecule has 0 aliphatic heterocycles. The molecule has 0 aliphatic rings. The minimum Gasteiger partial charge on any atom is -0.396 e. The Morgan fingerprint density at radius 3 is 1.15 bits per heavy atom. The Labute approximate surface area is 366 Å². The molecule has 0 heterocycles. The minimum absolute atomic E-state index is 0.221. The first-order chi connectivity index (χ1) is 29.5. The van der Waals surface area contributed by atoms with E-state index < -0.39 is 154 Å². The zero-order chi connectivity index (χ0) is 51.3. The predicted octanol–water partition coefficient (Wildman–Crippen LogP) is 13.8. The molecular weight excluding hydrogens is 1110 g/mol. The molecule has 0 spiro atoms. The molecule has 0 unspecified atom stereocenters. The van der Waals surface area contributed by atoms with Gasteiger partial charge in [0, 0.05) is 26.1 Å². The lowest BCUT2D eigenvalue weighted by Crippen LogP contribution is -2.50. The van der Waals surface area contributed by atoms with E-state index in [1.807, 2.05) is 0 Å². The van der Waals surface area contributed by atoms with Crippen molar-refractivity contribution in [1.82, 2.24) is 0 Å². The van der Waals surface area contributed by atoms with Gasteiger partial charge in [-0.2, -0.15) is 83.4 Å². The zero-order valence-electron chi connectivity index (χ0n) is 30.5. The van der Waals surface area contributed by atoms with Crippen molar-refractivity contribution in [3.63, 3.8) is 0 Å². The number of anilines is 3. The lowest BCUT2D eigenvalue weighted by atomic mass is 9.92. The molecule has 66 heavy (non-hydrogen) atoms. The summed E-state index contributed by atoms with van der Waals surface area (Å²) in [5.74, 6) is -6.48. The highest BCUT2D eigenvalue weighted by Crippen LogP contribution is 2.57. The average Bonchev–Trinajstić information content (AvgIpc) is 3.13. The number of nitrogen functional groups attached to an aromatic ring is 1. The minimum atomic E-state index is -6.73. The Morgan fingerprint density at radius 1 is 0.530 bits per heavy atom. The third-order valence-electron chi connectivity index (χ3n) is 8.32. The molecular formula is C34H14Br2F22N4O4. The SMILES string of the molecule is Nc1cccc(C(=O)Nc2c(Br)cc(C(F)(C(F)(F)F)C(F)(F)F)cc2C(F)(F)F)c1F.O=C(Nc1c(Br)cc(C(F)(C(F)(F)F)C(F)(F)F)cc1C(F)(F)F)c1cccc([N+](=O)[O-])c1F. The van der Waals surface area contributed by atoms with E-state index in [4.69, 9.17) is 5.73 Å². The van der Waals surface area contributed by atoms with Gasteiger partial charge < -0.3 is 16.4 Å². The summed E-state index contributed by atoms with van der Waals surface area (Å²) >= 11 is 4.57. The molecule has 0 bridgehead atoms. The van der Waals surface area contributed by atoms with Crippen molar-refractivity contribution in [2.45, 2.75) is 48.4 Å². The Bertz CT molecular complexity index is 2510. The summed E-state index contributed by atoms with van der Waals surface area (Å²) in [6, 6.07) is 2.78. The first-order valence-electron chi connectivity index (χ1n) is 16.1. The summed E-state index contributed by atoms with van der Waals surface area (Å²) in [6.45, 7) is 0. The number of alkyl halides is 20. The van der Waals surface area contributed by atoms with Gasteiger partial charge in [0.2, 0.25) is 5.82 Å². The molecule has 0 saturated carbocycles. The summed E-state index contributed by atoms with van der Waals surface area (Å²) in [7, 11) is 0. The highest BCUT2D eigenvalue weighted by Gasteiger charge is 2.75. The highest BCUT2D eigenvalue weighted by molar-refractivity contribution is 9.11. The Morgan fingerprint density at radius 2 is 0.848 bits per heavy atom. The van der Waals surface area contributed by atoms with Crippen LogP contribution < -0.4 is 16.4 Å². The second kappa shape index (κ2) is 18.3. The number of benzene rings is 4. The van der Waals surface area contributed by atoms with E-state index in [2.05, 4.69) is 31.9 Å². The molecule has 4 rings (SSSR count). The van der Waals surface area contributed by atoms with E-state index in [9.17, 15) is 116 Å². The fourth-order valence-corrected chi connectivity index (χ4v) is 6.33. The molecule has 4 aromatic carbocycles. The number of nitrogens with zero attached hydrogens (tertiary/aromatic N) is 1. The van der Waals surface area contributed by atoms with Crippen molar-refractivity contribution in [3.05, 3.63) is 125 Å². The van der Waals surface area contributed by atoms with Gasteiger partial charge in [-0.1, -0.05) is 12.1 Å². The van der Waals surface area contributed by atoms with E-state index in [1.54, 1.807) is 0 Å². The number of rotatable bonds is 7. The monoisotopic (exact) mass is 1120 g/mol. The number of halogens is 24. The third kappa shape index (κ3) is 10.7. The maximum atomic E-state index is 14.3. The lowest BCUT2D eigenvalue weighted by molar-refractivity contribution is -0.387. The van der Waals surface area contributed by atoms with Crippen LogP contribution in [0.5, 0.6) is 0 Å². The van der Waals surface area contributed by atoms with Crippen molar-refractivity contribution in [1.29, 1.82) is 0 Å². The van der Waals surface area contributed by atoms with Crippen LogP contribution in [-0.2, 0) is 23.7 Å². The molecule has 8 nitrogen and oxygen atoms in total. The molecule has 32 heteroatoms. The van der Waals surface area contributed by atoms with Gasteiger partial charge in [0.25, 0.3) is 11.8 Å². The number of carbonyl (C=O) groups excluding carboxylic acids is 2. The molecule has 2 amide bonds. The van der Waals surface area contributed by atoms with Crippen LogP contribution in [0.4, 0.5) is 119 Å². The molecule has 4 aromatic rings. The first kappa shape index (κ1) is 54.8. The molecule has 0 saturated heterocycles. The molecule has 362 valence electrons. The van der Waals surface area contributed by atoms with Gasteiger partial charge in [0.1, 0.15) is 0 Å². The molecule has 4 N–H and O–H groups in total. The van der Waals surface area contributed by atoms with Crippen LogP contribution in [-0.4, -0.2) is 41.4 Å². The topological polar surface area (TPSA) is 127 Å². The standard InChI is InChI=1S/C17H6BrF11N2O3.C17H8BrF11N2O/c18-9-5-6(14(20,16(24,25)26)17(27,28)29)4-8(15(21,22)23)12(9)30-13(32)7-2-1-3-10(11(7)19)31(33)34;18-9-5-6(14(20,16(24,25)26)17(27,28)29)4-8(15(21,22)23)12(9)31-13(32)7-2-1-3-10(30)11(7)19/h1-5H,(H,30,32);1-5H,30H2,(H,31,32). The van der Waals surface area contributed by atoms with E-state index in [1.165, 1.54) is 10.6 Å². The third-order valence-corrected chi connectivity index (χ3v) is 9.57. The first-order valence-corrected chi connectivity index (χ1v) is 17.7. The van der Waals surface area contributed by atoms with Crippen molar-refractivity contribution in [3.8, 4) is 0 Å². The van der Waals surface area contributed by atoms with E-state index in [0.29, 0.717) is 12.1 Å². The molecule has 0 aromatic heterocycles. The summed E-state index contributed by atoms with van der Waals surface area (Å²) in [4.78, 5) is 33.9. The van der Waals surface area contributed by atoms with Gasteiger partial charge in [-0.15, -0.1) is 0 Å². The second-order valence-electron chi connectivity index (χ2n) is 12.6. The van der Waals surface area contributed by atoms with E-state index in [0.717, 1.165) is 24.3 Å². The molecule has 0 radical (unpaired) electrons. The Kier molecular flexibility index (Phi) is 15.2. The predicted molar refractivity (Wildman–Crippen MR) is 188 cm³/mol. The molecule has 0 fully saturated rings. The van der Waals surface area contributed by atoms with Gasteiger partial charge in [0.05, 0.1) is 44.2 Å². The normalized spacial score (nSPS) is 13.2. The van der Waals surface area contributed by atoms with Gasteiger partial charge >= 0.3 is 54.1 Å². The summed E-state index contributed by atoms with van der Waals surface area (Å²) in [5, 5.41) is 13.7. The van der Waals surface area contributed by atoms with Crippen LogP contribution in [0.15, 0.2) is 69.6 Å². The smallest absolute Gasteiger partial charge is 0.396 e. The number of amides is 2.